The summed E-state index contributed by atoms with van der Waals surface area (Å²) >= 11 is 0. The molecule has 1 N–H and O–H groups in total. The van der Waals surface area contributed by atoms with E-state index < -0.39 is 11.2 Å². The van der Waals surface area contributed by atoms with Gasteiger partial charge in [0, 0.05) is 12.8 Å². The van der Waals surface area contributed by atoms with E-state index in [1.54, 1.807) is 0 Å². The van der Waals surface area contributed by atoms with Gasteiger partial charge in [-0.3, -0.25) is 4.79 Å². The van der Waals surface area contributed by atoms with Crippen LogP contribution in [0.1, 0.15) is 45.6 Å². The molecule has 0 saturated heterocycles. The molecule has 0 radical (unpaired) electrons. The summed E-state index contributed by atoms with van der Waals surface area (Å²) < 4.78 is 11.0. The molecular weight excluding hydrogens is 268 g/mol. The quantitative estimate of drug-likeness (QED) is 0.848. The summed E-state index contributed by atoms with van der Waals surface area (Å²) in [5.74, 6) is -0.355. The number of carbonyl (C=O) groups excluding carboxylic acids is 1. The van der Waals surface area contributed by atoms with Crippen molar-refractivity contribution in [2.24, 2.45) is 0 Å². The molecule has 1 aromatic rings. The van der Waals surface area contributed by atoms with Crippen LogP contribution in [0.2, 0.25) is 0 Å². The molecule has 2 rings (SSSR count). The van der Waals surface area contributed by atoms with Crippen LogP contribution in [0.3, 0.4) is 0 Å². The van der Waals surface area contributed by atoms with Crippen molar-refractivity contribution in [2.45, 2.75) is 63.9 Å². The molecular formula is C17H24O4. The van der Waals surface area contributed by atoms with E-state index >= 15 is 0 Å². The number of ether oxygens (including phenoxy) is 2. The van der Waals surface area contributed by atoms with Crippen molar-refractivity contribution in [3.05, 3.63) is 35.9 Å². The lowest BCUT2D eigenvalue weighted by Crippen LogP contribution is -2.50. The summed E-state index contributed by atoms with van der Waals surface area (Å²) in [5.41, 5.74) is -0.371. The molecule has 1 aromatic carbocycles. The Bertz CT molecular complexity index is 469. The summed E-state index contributed by atoms with van der Waals surface area (Å²) in [5, 5.41) is 10.3. The molecule has 4 heteroatoms. The first-order valence-corrected chi connectivity index (χ1v) is 7.36. The van der Waals surface area contributed by atoms with E-state index in [1.165, 1.54) is 0 Å². The van der Waals surface area contributed by atoms with Crippen molar-refractivity contribution in [3.63, 3.8) is 0 Å². The zero-order chi connectivity index (χ0) is 15.5. The van der Waals surface area contributed by atoms with E-state index in [-0.39, 0.29) is 18.5 Å². The molecule has 1 fully saturated rings. The normalized spacial score (nSPS) is 25.2. The number of hydrogen-bond acceptors (Lipinski definition) is 4. The van der Waals surface area contributed by atoms with E-state index in [4.69, 9.17) is 9.47 Å². The molecule has 0 atom stereocenters. The van der Waals surface area contributed by atoms with Crippen LogP contribution in [0.15, 0.2) is 30.3 Å². The topological polar surface area (TPSA) is 55.8 Å². The lowest BCUT2D eigenvalue weighted by Gasteiger charge is -2.43. The predicted octanol–water partition coefficient (Wildman–Crippen LogP) is 2.83. The number of rotatable bonds is 5. The Hall–Kier alpha value is -1.39. The van der Waals surface area contributed by atoms with E-state index in [1.807, 2.05) is 51.1 Å². The maximum atomic E-state index is 11.7. The van der Waals surface area contributed by atoms with Gasteiger partial charge >= 0.3 is 5.97 Å². The minimum absolute atomic E-state index is 0.0117. The predicted molar refractivity (Wildman–Crippen MR) is 79.7 cm³/mol. The molecule has 1 aliphatic rings. The Balaban J connectivity index is 1.71. The van der Waals surface area contributed by atoms with E-state index in [2.05, 4.69) is 0 Å². The Kier molecular flexibility index (Phi) is 4.69. The van der Waals surface area contributed by atoms with Gasteiger partial charge in [-0.25, -0.2) is 0 Å². The highest BCUT2D eigenvalue weighted by Crippen LogP contribution is 2.38. The monoisotopic (exact) mass is 292 g/mol. The Morgan fingerprint density at radius 1 is 1.29 bits per heavy atom. The number of carbonyl (C=O) groups is 1. The molecule has 0 bridgehead atoms. The number of hydrogen-bond donors (Lipinski definition) is 1. The number of benzene rings is 1. The fourth-order valence-corrected chi connectivity index (χ4v) is 2.48. The summed E-state index contributed by atoms with van der Waals surface area (Å²) in [6.07, 6.45) is 1.02. The van der Waals surface area contributed by atoms with Gasteiger partial charge < -0.3 is 14.6 Å². The molecule has 0 heterocycles. The van der Waals surface area contributed by atoms with Gasteiger partial charge in [-0.2, -0.15) is 0 Å². The van der Waals surface area contributed by atoms with Gasteiger partial charge in [0.15, 0.2) is 0 Å². The molecule has 1 aliphatic carbocycles. The van der Waals surface area contributed by atoms with Crippen molar-refractivity contribution in [1.29, 1.82) is 0 Å². The van der Waals surface area contributed by atoms with Crippen LogP contribution in [-0.4, -0.2) is 28.4 Å². The second-order valence-corrected chi connectivity index (χ2v) is 6.81. The van der Waals surface area contributed by atoms with E-state index in [9.17, 15) is 9.90 Å². The second-order valence-electron chi connectivity index (χ2n) is 6.81. The fourth-order valence-electron chi connectivity index (χ4n) is 2.48. The molecule has 116 valence electrons. The van der Waals surface area contributed by atoms with Crippen LogP contribution in [0.25, 0.3) is 0 Å². The average molecular weight is 292 g/mol. The maximum absolute atomic E-state index is 11.7. The maximum Gasteiger partial charge on any atom is 0.309 e. The van der Waals surface area contributed by atoms with Gasteiger partial charge in [0.2, 0.25) is 0 Å². The van der Waals surface area contributed by atoms with Gasteiger partial charge in [0.1, 0.15) is 5.60 Å². The SMILES string of the molecule is CC(C)(C)OC(=O)CC1(O)CC(OCc2ccccc2)C1. The van der Waals surface area contributed by atoms with Crippen LogP contribution in [0, 0.1) is 0 Å². The van der Waals surface area contributed by atoms with Gasteiger partial charge in [-0.15, -0.1) is 0 Å². The third-order valence-corrected chi connectivity index (χ3v) is 3.44. The third-order valence-electron chi connectivity index (χ3n) is 3.44. The van der Waals surface area contributed by atoms with Gasteiger partial charge in [-0.1, -0.05) is 30.3 Å². The first-order valence-electron chi connectivity index (χ1n) is 7.36. The van der Waals surface area contributed by atoms with Gasteiger partial charge in [0.25, 0.3) is 0 Å². The lowest BCUT2D eigenvalue weighted by molar-refractivity contribution is -0.178. The molecule has 0 unspecified atom stereocenters. The van der Waals surface area contributed by atoms with E-state index in [0.29, 0.717) is 19.4 Å². The molecule has 0 aliphatic heterocycles. The summed E-state index contributed by atoms with van der Waals surface area (Å²) in [6, 6.07) is 9.92. The lowest BCUT2D eigenvalue weighted by atomic mass is 9.75. The molecule has 0 spiro atoms. The first kappa shape index (κ1) is 16.0. The van der Waals surface area contributed by atoms with Crippen LogP contribution in [-0.2, 0) is 20.9 Å². The third kappa shape index (κ3) is 5.14. The van der Waals surface area contributed by atoms with E-state index in [0.717, 1.165) is 5.56 Å². The highest BCUT2D eigenvalue weighted by Gasteiger charge is 2.45. The van der Waals surface area contributed by atoms with Crippen LogP contribution in [0.4, 0.5) is 0 Å². The van der Waals surface area contributed by atoms with Crippen LogP contribution < -0.4 is 0 Å². The molecule has 1 saturated carbocycles. The van der Waals surface area contributed by atoms with Crippen molar-refractivity contribution in [1.82, 2.24) is 0 Å². The van der Waals surface area contributed by atoms with Crippen molar-refractivity contribution in [2.75, 3.05) is 0 Å². The Morgan fingerprint density at radius 3 is 2.48 bits per heavy atom. The minimum Gasteiger partial charge on any atom is -0.460 e. The highest BCUT2D eigenvalue weighted by molar-refractivity contribution is 5.71. The largest absolute Gasteiger partial charge is 0.460 e. The van der Waals surface area contributed by atoms with Crippen LogP contribution in [0.5, 0.6) is 0 Å². The molecule has 0 amide bonds. The van der Waals surface area contributed by atoms with Crippen molar-refractivity contribution < 1.29 is 19.4 Å². The second kappa shape index (κ2) is 6.16. The van der Waals surface area contributed by atoms with Gasteiger partial charge in [-0.05, 0) is 26.3 Å². The number of esters is 1. The zero-order valence-corrected chi connectivity index (χ0v) is 13.0. The smallest absolute Gasteiger partial charge is 0.309 e. The van der Waals surface area contributed by atoms with Crippen LogP contribution >= 0.6 is 0 Å². The average Bonchev–Trinajstić information content (AvgIpc) is 2.32. The molecule has 4 nitrogen and oxygen atoms in total. The summed E-state index contributed by atoms with van der Waals surface area (Å²) in [7, 11) is 0. The summed E-state index contributed by atoms with van der Waals surface area (Å²) in [6.45, 7) is 6.00. The van der Waals surface area contributed by atoms with Crippen molar-refractivity contribution in [3.8, 4) is 0 Å². The molecule has 21 heavy (non-hydrogen) atoms. The highest BCUT2D eigenvalue weighted by atomic mass is 16.6. The minimum atomic E-state index is -0.969. The fraction of sp³-hybridized carbons (Fsp3) is 0.588. The Labute approximate surface area is 126 Å². The summed E-state index contributed by atoms with van der Waals surface area (Å²) in [4.78, 5) is 11.7. The molecule has 0 aromatic heterocycles. The standard InChI is InChI=1S/C17H24O4/c1-16(2,3)21-15(18)11-17(19)9-14(10-17)20-12-13-7-5-4-6-8-13/h4-8,14,19H,9-12H2,1-3H3. The number of aliphatic hydroxyl groups is 1. The van der Waals surface area contributed by atoms with Crippen molar-refractivity contribution >= 4 is 5.97 Å². The van der Waals surface area contributed by atoms with Gasteiger partial charge in [0.05, 0.1) is 24.7 Å². The first-order chi connectivity index (χ1) is 9.76. The zero-order valence-electron chi connectivity index (χ0n) is 13.0. The Morgan fingerprint density at radius 2 is 1.90 bits per heavy atom.